The average molecular weight is 420 g/mol. The predicted molar refractivity (Wildman–Crippen MR) is 121 cm³/mol. The van der Waals surface area contributed by atoms with Crippen LogP contribution in [0.3, 0.4) is 0 Å². The van der Waals surface area contributed by atoms with Crippen molar-refractivity contribution >= 4 is 5.78 Å². The van der Waals surface area contributed by atoms with Gasteiger partial charge in [-0.3, -0.25) is 19.2 Å². The minimum Gasteiger partial charge on any atom is -0.497 e. The molecule has 0 N–H and O–H groups in total. The summed E-state index contributed by atoms with van der Waals surface area (Å²) >= 11 is 0. The molecule has 1 aromatic heterocycles. The molecule has 0 aliphatic carbocycles. The van der Waals surface area contributed by atoms with Crippen LogP contribution in [0.25, 0.3) is 5.69 Å². The number of ether oxygens (including phenoxy) is 1. The Morgan fingerprint density at radius 3 is 2.65 bits per heavy atom. The maximum Gasteiger partial charge on any atom is 0.276 e. The first-order chi connectivity index (χ1) is 15.0. The number of benzene rings is 2. The van der Waals surface area contributed by atoms with Crippen LogP contribution >= 0.6 is 0 Å². The molecule has 0 unspecified atom stereocenters. The number of Topliss-reactive ketones (excluding diaryl/α,β-unsaturated/α-hetero) is 1. The van der Waals surface area contributed by atoms with E-state index in [0.717, 1.165) is 36.3 Å². The van der Waals surface area contributed by atoms with Crippen molar-refractivity contribution < 1.29 is 9.53 Å². The summed E-state index contributed by atoms with van der Waals surface area (Å²) in [5, 5.41) is 0. The molecule has 6 heteroatoms. The van der Waals surface area contributed by atoms with Gasteiger partial charge in [0.15, 0.2) is 5.78 Å². The molecule has 1 atom stereocenters. The van der Waals surface area contributed by atoms with E-state index in [1.165, 1.54) is 0 Å². The molecule has 31 heavy (non-hydrogen) atoms. The Kier molecular flexibility index (Phi) is 6.09. The van der Waals surface area contributed by atoms with Gasteiger partial charge in [-0.1, -0.05) is 30.3 Å². The number of aromatic nitrogens is 2. The first kappa shape index (κ1) is 21.1. The Bertz CT molecular complexity index is 1130. The number of hydrogen-bond acceptors (Lipinski definition) is 4. The van der Waals surface area contributed by atoms with Crippen LogP contribution in [-0.4, -0.2) is 40.2 Å². The summed E-state index contributed by atoms with van der Waals surface area (Å²) in [5.74, 6) is 0.774. The smallest absolute Gasteiger partial charge is 0.276 e. The summed E-state index contributed by atoms with van der Waals surface area (Å²) in [6, 6.07) is 17.0. The number of para-hydroxylation sites is 1. The number of ketones is 1. The summed E-state index contributed by atoms with van der Waals surface area (Å²) in [4.78, 5) is 28.6. The van der Waals surface area contributed by atoms with E-state index in [4.69, 9.17) is 4.74 Å². The van der Waals surface area contributed by atoms with Gasteiger partial charge in [-0.2, -0.15) is 0 Å². The predicted octanol–water partition coefficient (Wildman–Crippen LogP) is 3.59. The topological polar surface area (TPSA) is 56.5 Å². The van der Waals surface area contributed by atoms with Gasteiger partial charge in [0.2, 0.25) is 0 Å². The molecule has 3 aromatic rings. The third-order valence-corrected chi connectivity index (χ3v) is 6.29. The molecular formula is C25H29N3O3. The number of carbonyl (C=O) groups is 1. The fourth-order valence-corrected chi connectivity index (χ4v) is 4.45. The van der Waals surface area contributed by atoms with E-state index < -0.39 is 0 Å². The second-order valence-corrected chi connectivity index (χ2v) is 8.21. The van der Waals surface area contributed by atoms with E-state index in [2.05, 4.69) is 4.90 Å². The Labute approximate surface area is 182 Å². The molecule has 4 rings (SSSR count). The second kappa shape index (κ2) is 8.94. The molecule has 162 valence electrons. The highest BCUT2D eigenvalue weighted by atomic mass is 16.5. The first-order valence-corrected chi connectivity index (χ1v) is 10.7. The number of piperidine rings is 1. The van der Waals surface area contributed by atoms with Gasteiger partial charge in [0.25, 0.3) is 5.56 Å². The number of carbonyl (C=O) groups excluding carboxylic acids is 1. The maximum absolute atomic E-state index is 13.2. The Hall–Kier alpha value is -3.12. The van der Waals surface area contributed by atoms with Gasteiger partial charge >= 0.3 is 0 Å². The number of hydrogen-bond donors (Lipinski definition) is 0. The van der Waals surface area contributed by atoms with E-state index in [1.807, 2.05) is 67.2 Å². The van der Waals surface area contributed by atoms with E-state index in [9.17, 15) is 9.59 Å². The maximum atomic E-state index is 13.2. The normalized spacial score (nSPS) is 16.9. The molecule has 0 amide bonds. The Balaban J connectivity index is 1.54. The second-order valence-electron chi connectivity index (χ2n) is 8.21. The van der Waals surface area contributed by atoms with Gasteiger partial charge in [-0.05, 0) is 50.6 Å². The molecule has 1 saturated heterocycles. The monoisotopic (exact) mass is 419 g/mol. The largest absolute Gasteiger partial charge is 0.497 e. The fourth-order valence-electron chi connectivity index (χ4n) is 4.45. The minimum absolute atomic E-state index is 0.00689. The summed E-state index contributed by atoms with van der Waals surface area (Å²) < 4.78 is 8.90. The van der Waals surface area contributed by atoms with Gasteiger partial charge in [0.1, 0.15) is 5.75 Å². The van der Waals surface area contributed by atoms with Gasteiger partial charge < -0.3 is 4.74 Å². The van der Waals surface area contributed by atoms with Crippen molar-refractivity contribution in [2.45, 2.75) is 26.3 Å². The van der Waals surface area contributed by atoms with Crippen molar-refractivity contribution in [3.8, 4) is 11.4 Å². The van der Waals surface area contributed by atoms with E-state index in [-0.39, 0.29) is 17.3 Å². The number of likely N-dealkylation sites (tertiary alicyclic amines) is 1. The third-order valence-electron chi connectivity index (χ3n) is 6.29. The quantitative estimate of drug-likeness (QED) is 0.573. The highest BCUT2D eigenvalue weighted by Gasteiger charge is 2.28. The average Bonchev–Trinajstić information content (AvgIpc) is 3.02. The SMILES string of the molecule is COc1cccc(C(=O)[C@H]2CCCN(Cc3c(C)n(C)n(-c4ccccc4)c3=O)C2)c1. The lowest BCUT2D eigenvalue weighted by Crippen LogP contribution is -2.39. The highest BCUT2D eigenvalue weighted by molar-refractivity contribution is 5.98. The zero-order chi connectivity index (χ0) is 22.0. The van der Waals surface area contributed by atoms with Crippen molar-refractivity contribution in [2.75, 3.05) is 20.2 Å². The summed E-state index contributed by atoms with van der Waals surface area (Å²) in [7, 11) is 3.52. The minimum atomic E-state index is -0.0683. The summed E-state index contributed by atoms with van der Waals surface area (Å²) in [6.45, 7) is 4.09. The molecule has 0 bridgehead atoms. The fraction of sp³-hybridized carbons (Fsp3) is 0.360. The lowest BCUT2D eigenvalue weighted by Gasteiger charge is -2.31. The van der Waals surface area contributed by atoms with Crippen LogP contribution in [0.5, 0.6) is 5.75 Å². The van der Waals surface area contributed by atoms with Crippen molar-refractivity contribution in [2.24, 2.45) is 13.0 Å². The zero-order valence-electron chi connectivity index (χ0n) is 18.4. The van der Waals surface area contributed by atoms with E-state index in [0.29, 0.717) is 24.4 Å². The van der Waals surface area contributed by atoms with Crippen molar-refractivity contribution in [3.05, 3.63) is 81.8 Å². The molecule has 0 radical (unpaired) electrons. The van der Waals surface area contributed by atoms with Crippen molar-refractivity contribution in [1.82, 2.24) is 14.3 Å². The molecule has 0 spiro atoms. The summed E-state index contributed by atoms with van der Waals surface area (Å²) in [5.41, 5.74) is 3.30. The Morgan fingerprint density at radius 2 is 1.90 bits per heavy atom. The molecular weight excluding hydrogens is 390 g/mol. The van der Waals surface area contributed by atoms with E-state index in [1.54, 1.807) is 17.9 Å². The number of nitrogens with zero attached hydrogens (tertiary/aromatic N) is 3. The molecule has 2 heterocycles. The number of methoxy groups -OCH3 is 1. The summed E-state index contributed by atoms with van der Waals surface area (Å²) in [6.07, 6.45) is 1.81. The van der Waals surface area contributed by atoms with Crippen LogP contribution in [0.2, 0.25) is 0 Å². The first-order valence-electron chi connectivity index (χ1n) is 10.7. The molecule has 1 aliphatic rings. The van der Waals surface area contributed by atoms with Crippen LogP contribution in [0.15, 0.2) is 59.4 Å². The molecule has 1 aliphatic heterocycles. The van der Waals surface area contributed by atoms with Crippen LogP contribution in [0, 0.1) is 12.8 Å². The van der Waals surface area contributed by atoms with Crippen molar-refractivity contribution in [1.29, 1.82) is 0 Å². The van der Waals surface area contributed by atoms with Gasteiger partial charge in [-0.15, -0.1) is 0 Å². The lowest BCUT2D eigenvalue weighted by molar-refractivity contribution is 0.0810. The van der Waals surface area contributed by atoms with Gasteiger partial charge in [-0.25, -0.2) is 4.68 Å². The zero-order valence-corrected chi connectivity index (χ0v) is 18.4. The highest BCUT2D eigenvalue weighted by Crippen LogP contribution is 2.24. The van der Waals surface area contributed by atoms with Crippen LogP contribution in [-0.2, 0) is 13.6 Å². The molecule has 6 nitrogen and oxygen atoms in total. The molecule has 2 aromatic carbocycles. The van der Waals surface area contributed by atoms with Gasteiger partial charge in [0.05, 0.1) is 18.4 Å². The van der Waals surface area contributed by atoms with Crippen LogP contribution in [0.4, 0.5) is 0 Å². The Morgan fingerprint density at radius 1 is 1.13 bits per heavy atom. The van der Waals surface area contributed by atoms with Crippen LogP contribution < -0.4 is 10.3 Å². The standard InChI is InChI=1S/C25H29N3O3/c1-18-23(25(30)28(26(18)2)21-11-5-4-6-12-21)17-27-14-8-10-20(16-27)24(29)19-9-7-13-22(15-19)31-3/h4-7,9,11-13,15,20H,8,10,14,16-17H2,1-3H3/t20-/m0/s1. The van der Waals surface area contributed by atoms with Crippen LogP contribution in [0.1, 0.15) is 34.5 Å². The lowest BCUT2D eigenvalue weighted by atomic mass is 9.89. The third kappa shape index (κ3) is 4.21. The molecule has 1 fully saturated rings. The number of rotatable bonds is 6. The molecule has 0 saturated carbocycles. The van der Waals surface area contributed by atoms with Gasteiger partial charge in [0, 0.05) is 37.3 Å². The van der Waals surface area contributed by atoms with Crippen molar-refractivity contribution in [3.63, 3.8) is 0 Å². The van der Waals surface area contributed by atoms with E-state index >= 15 is 0 Å².